The predicted octanol–water partition coefficient (Wildman–Crippen LogP) is 3.96. The molecule has 2 aromatic rings. The van der Waals surface area contributed by atoms with Gasteiger partial charge in [-0.2, -0.15) is 0 Å². The number of hydrogen-bond donors (Lipinski definition) is 0. The number of Topliss-reactive ketones (excluding diaryl/α,β-unsaturated/α-hetero) is 1. The third kappa shape index (κ3) is 3.50. The van der Waals surface area contributed by atoms with Crippen LogP contribution in [0.25, 0.3) is 0 Å². The first-order valence-corrected chi connectivity index (χ1v) is 7.02. The van der Waals surface area contributed by atoms with Crippen LogP contribution in [0.3, 0.4) is 0 Å². The molecule has 0 amide bonds. The Labute approximate surface area is 125 Å². The van der Waals surface area contributed by atoms with Crippen LogP contribution in [0.1, 0.15) is 34.5 Å². The molecule has 0 radical (unpaired) electrons. The molecule has 0 heterocycles. The highest BCUT2D eigenvalue weighted by Gasteiger charge is 2.23. The fourth-order valence-electron chi connectivity index (χ4n) is 2.30. The number of carbonyl (C=O) groups is 1. The summed E-state index contributed by atoms with van der Waals surface area (Å²) in [5, 5.41) is 0. The van der Waals surface area contributed by atoms with Gasteiger partial charge in [-0.25, -0.2) is 0 Å². The zero-order valence-corrected chi connectivity index (χ0v) is 12.6. The Balaban J connectivity index is 2.35. The van der Waals surface area contributed by atoms with E-state index in [1.165, 1.54) is 0 Å². The van der Waals surface area contributed by atoms with Gasteiger partial charge in [0.05, 0.1) is 7.11 Å². The number of ketones is 1. The highest BCUT2D eigenvalue weighted by atomic mass is 16.5. The highest BCUT2D eigenvalue weighted by Crippen LogP contribution is 2.26. The van der Waals surface area contributed by atoms with Gasteiger partial charge in [0.2, 0.25) is 0 Å². The lowest BCUT2D eigenvalue weighted by Crippen LogP contribution is -2.17. The monoisotopic (exact) mass is 284 g/mol. The average molecular weight is 284 g/mol. The summed E-state index contributed by atoms with van der Waals surface area (Å²) < 4.78 is 10.9. The van der Waals surface area contributed by atoms with Crippen LogP contribution in [0.15, 0.2) is 48.5 Å². The van der Waals surface area contributed by atoms with Gasteiger partial charge in [0.1, 0.15) is 11.9 Å². The molecule has 2 aromatic carbocycles. The molecule has 1 atom stereocenters. The van der Waals surface area contributed by atoms with E-state index in [2.05, 4.69) is 0 Å². The van der Waals surface area contributed by atoms with Gasteiger partial charge in [0.15, 0.2) is 5.78 Å². The normalized spacial score (nSPS) is 12.0. The number of methoxy groups -OCH3 is 1. The van der Waals surface area contributed by atoms with Gasteiger partial charge in [-0.1, -0.05) is 30.3 Å². The first-order valence-electron chi connectivity index (χ1n) is 7.02. The molecule has 0 fully saturated rings. The maximum Gasteiger partial charge on any atom is 0.196 e. The second kappa shape index (κ2) is 7.04. The molecular formula is C18H20O3. The topological polar surface area (TPSA) is 35.5 Å². The fraction of sp³-hybridized carbons (Fsp3) is 0.278. The van der Waals surface area contributed by atoms with Gasteiger partial charge in [-0.3, -0.25) is 4.79 Å². The second-order valence-electron chi connectivity index (χ2n) is 4.79. The molecule has 0 aliphatic carbocycles. The van der Waals surface area contributed by atoms with Crippen molar-refractivity contribution in [3.63, 3.8) is 0 Å². The number of ether oxygens (including phenoxy) is 2. The number of aryl methyl sites for hydroxylation is 1. The number of carbonyl (C=O) groups excluding carboxylic acids is 1. The summed E-state index contributed by atoms with van der Waals surface area (Å²) in [6, 6.07) is 15.0. The molecule has 0 bridgehead atoms. The Morgan fingerprint density at radius 2 is 1.86 bits per heavy atom. The molecule has 0 aliphatic heterocycles. The molecule has 0 saturated carbocycles. The van der Waals surface area contributed by atoms with E-state index >= 15 is 0 Å². The zero-order chi connectivity index (χ0) is 15.2. The van der Waals surface area contributed by atoms with E-state index in [1.54, 1.807) is 19.2 Å². The van der Waals surface area contributed by atoms with Crippen LogP contribution in [-0.2, 0) is 4.74 Å². The van der Waals surface area contributed by atoms with Gasteiger partial charge < -0.3 is 9.47 Å². The molecule has 110 valence electrons. The molecule has 3 nitrogen and oxygen atoms in total. The summed E-state index contributed by atoms with van der Waals surface area (Å²) in [5.74, 6) is 0.722. The fourth-order valence-corrected chi connectivity index (χ4v) is 2.30. The maximum absolute atomic E-state index is 12.8. The molecule has 0 aliphatic rings. The lowest BCUT2D eigenvalue weighted by molar-refractivity contribution is 0.0452. The molecule has 21 heavy (non-hydrogen) atoms. The Hall–Kier alpha value is -2.13. The molecule has 0 saturated heterocycles. The van der Waals surface area contributed by atoms with Crippen molar-refractivity contribution in [2.45, 2.75) is 20.0 Å². The average Bonchev–Trinajstić information content (AvgIpc) is 2.52. The van der Waals surface area contributed by atoms with E-state index in [9.17, 15) is 4.79 Å². The van der Waals surface area contributed by atoms with Crippen molar-refractivity contribution in [1.29, 1.82) is 0 Å². The molecule has 2 rings (SSSR count). The quantitative estimate of drug-likeness (QED) is 0.753. The number of hydrogen-bond acceptors (Lipinski definition) is 3. The molecule has 1 unspecified atom stereocenters. The minimum atomic E-state index is -0.566. The number of rotatable bonds is 6. The van der Waals surface area contributed by atoms with Crippen molar-refractivity contribution in [2.75, 3.05) is 13.7 Å². The first-order chi connectivity index (χ1) is 10.2. The van der Waals surface area contributed by atoms with Gasteiger partial charge in [0, 0.05) is 12.2 Å². The zero-order valence-electron chi connectivity index (χ0n) is 12.6. The molecular weight excluding hydrogens is 264 g/mol. The van der Waals surface area contributed by atoms with Crippen molar-refractivity contribution >= 4 is 5.78 Å². The molecule has 3 heteroatoms. The summed E-state index contributed by atoms with van der Waals surface area (Å²) in [6.45, 7) is 4.29. The van der Waals surface area contributed by atoms with Gasteiger partial charge >= 0.3 is 0 Å². The molecule has 0 N–H and O–H groups in total. The van der Waals surface area contributed by atoms with E-state index in [4.69, 9.17) is 9.47 Å². The van der Waals surface area contributed by atoms with E-state index < -0.39 is 6.10 Å². The van der Waals surface area contributed by atoms with Crippen molar-refractivity contribution < 1.29 is 14.3 Å². The van der Waals surface area contributed by atoms with Crippen LogP contribution in [0, 0.1) is 6.92 Å². The maximum atomic E-state index is 12.8. The van der Waals surface area contributed by atoms with E-state index in [-0.39, 0.29) is 5.78 Å². The summed E-state index contributed by atoms with van der Waals surface area (Å²) in [5.41, 5.74) is 2.43. The van der Waals surface area contributed by atoms with Crippen LogP contribution in [0.2, 0.25) is 0 Å². The summed E-state index contributed by atoms with van der Waals surface area (Å²) in [4.78, 5) is 12.8. The predicted molar refractivity (Wildman–Crippen MR) is 82.9 cm³/mol. The Kier molecular flexibility index (Phi) is 5.12. The lowest BCUT2D eigenvalue weighted by Gasteiger charge is -2.17. The van der Waals surface area contributed by atoms with Crippen molar-refractivity contribution in [2.24, 2.45) is 0 Å². The Morgan fingerprint density at radius 3 is 2.43 bits per heavy atom. The van der Waals surface area contributed by atoms with Gasteiger partial charge in [-0.05, 0) is 43.2 Å². The van der Waals surface area contributed by atoms with Crippen LogP contribution < -0.4 is 4.74 Å². The Morgan fingerprint density at radius 1 is 1.14 bits per heavy atom. The van der Waals surface area contributed by atoms with E-state index in [0.717, 1.165) is 16.9 Å². The van der Waals surface area contributed by atoms with Crippen molar-refractivity contribution in [1.82, 2.24) is 0 Å². The van der Waals surface area contributed by atoms with Crippen LogP contribution >= 0.6 is 0 Å². The minimum Gasteiger partial charge on any atom is -0.497 e. The number of benzene rings is 2. The van der Waals surface area contributed by atoms with Crippen LogP contribution in [-0.4, -0.2) is 19.5 Å². The van der Waals surface area contributed by atoms with E-state index in [0.29, 0.717) is 12.2 Å². The SMILES string of the molecule is CCOC(C(=O)c1ccc(OC)cc1C)c1ccccc1. The van der Waals surface area contributed by atoms with Crippen molar-refractivity contribution in [3.05, 3.63) is 65.2 Å². The summed E-state index contributed by atoms with van der Waals surface area (Å²) >= 11 is 0. The summed E-state index contributed by atoms with van der Waals surface area (Å²) in [6.07, 6.45) is -0.566. The van der Waals surface area contributed by atoms with Gasteiger partial charge in [0.25, 0.3) is 0 Å². The third-order valence-corrected chi connectivity index (χ3v) is 3.37. The van der Waals surface area contributed by atoms with Crippen LogP contribution in [0.5, 0.6) is 5.75 Å². The molecule has 0 spiro atoms. The smallest absolute Gasteiger partial charge is 0.196 e. The second-order valence-corrected chi connectivity index (χ2v) is 4.79. The highest BCUT2D eigenvalue weighted by molar-refractivity contribution is 6.01. The van der Waals surface area contributed by atoms with E-state index in [1.807, 2.05) is 50.2 Å². The largest absolute Gasteiger partial charge is 0.497 e. The summed E-state index contributed by atoms with van der Waals surface area (Å²) in [7, 11) is 1.61. The third-order valence-electron chi connectivity index (χ3n) is 3.37. The minimum absolute atomic E-state index is 0.0248. The first kappa shape index (κ1) is 15.3. The van der Waals surface area contributed by atoms with Crippen molar-refractivity contribution in [3.8, 4) is 5.75 Å². The van der Waals surface area contributed by atoms with Gasteiger partial charge in [-0.15, -0.1) is 0 Å². The standard InChI is InChI=1S/C18H20O3/c1-4-21-18(14-8-6-5-7-9-14)17(19)16-11-10-15(20-3)12-13(16)2/h5-12,18H,4H2,1-3H3. The van der Waals surface area contributed by atoms with Crippen LogP contribution in [0.4, 0.5) is 0 Å². The molecule has 0 aromatic heterocycles. The Bertz CT molecular complexity index is 605. The lowest BCUT2D eigenvalue weighted by atomic mass is 9.96.